The Morgan fingerprint density at radius 3 is 2.92 bits per heavy atom. The lowest BCUT2D eigenvalue weighted by Crippen LogP contribution is -2.59. The van der Waals surface area contributed by atoms with Gasteiger partial charge >= 0.3 is 0 Å². The molecule has 3 atom stereocenters. The molecule has 1 saturated heterocycles. The maximum atomic E-state index is 12.6. The summed E-state index contributed by atoms with van der Waals surface area (Å²) in [4.78, 5) is 12.6. The van der Waals surface area contributed by atoms with Crippen LogP contribution in [0.5, 0.6) is 0 Å². The Kier molecular flexibility index (Phi) is 5.04. The molecule has 2 saturated carbocycles. The van der Waals surface area contributed by atoms with Gasteiger partial charge < -0.3 is 10.6 Å². The third-order valence-electron chi connectivity index (χ3n) is 7.44. The van der Waals surface area contributed by atoms with Gasteiger partial charge in [-0.25, -0.2) is 0 Å². The Morgan fingerprint density at radius 1 is 1.19 bits per heavy atom. The fourth-order valence-corrected chi connectivity index (χ4v) is 5.96. The number of nitrogens with one attached hydrogen (secondary N) is 2. The third-order valence-corrected chi connectivity index (χ3v) is 7.44. The van der Waals surface area contributed by atoms with E-state index in [9.17, 15) is 4.79 Å². The minimum Gasteiger partial charge on any atom is -0.352 e. The predicted molar refractivity (Wildman–Crippen MR) is 107 cm³/mol. The van der Waals surface area contributed by atoms with Crippen molar-refractivity contribution in [3.63, 3.8) is 0 Å². The van der Waals surface area contributed by atoms with Crippen LogP contribution in [0, 0.1) is 11.8 Å². The first-order valence-electron chi connectivity index (χ1n) is 10.4. The van der Waals surface area contributed by atoms with Gasteiger partial charge in [-0.05, 0) is 73.7 Å². The normalized spacial score (nSPS) is 32.0. The van der Waals surface area contributed by atoms with Crippen LogP contribution in [0.1, 0.15) is 72.9 Å². The molecule has 4 aliphatic rings. The second-order valence-corrected chi connectivity index (χ2v) is 8.88. The van der Waals surface area contributed by atoms with Crippen LogP contribution in [-0.2, 0) is 11.8 Å². The monoisotopic (exact) mass is 374 g/mol. The molecule has 26 heavy (non-hydrogen) atoms. The highest BCUT2D eigenvalue weighted by Gasteiger charge is 2.51. The van der Waals surface area contributed by atoms with Gasteiger partial charge in [-0.1, -0.05) is 31.7 Å². The van der Waals surface area contributed by atoms with Crippen molar-refractivity contribution in [2.75, 3.05) is 13.1 Å². The molecule has 1 amide bonds. The van der Waals surface area contributed by atoms with Crippen LogP contribution in [-0.4, -0.2) is 25.0 Å². The summed E-state index contributed by atoms with van der Waals surface area (Å²) in [7, 11) is 0. The number of halogens is 1. The van der Waals surface area contributed by atoms with E-state index < -0.39 is 0 Å². The van der Waals surface area contributed by atoms with E-state index >= 15 is 0 Å². The molecule has 0 spiro atoms. The summed E-state index contributed by atoms with van der Waals surface area (Å²) in [6.45, 7) is 1.97. The number of piperidine rings is 1. The lowest BCUT2D eigenvalue weighted by Gasteiger charge is -2.56. The molecule has 1 aliphatic heterocycles. The van der Waals surface area contributed by atoms with E-state index in [1.165, 1.54) is 56.1 Å². The van der Waals surface area contributed by atoms with E-state index in [1.807, 2.05) is 0 Å². The van der Waals surface area contributed by atoms with Crippen LogP contribution in [0.2, 0.25) is 0 Å². The Bertz CT molecular complexity index is 683. The number of rotatable bonds is 4. The average Bonchev–Trinajstić information content (AvgIpc) is 3.46. The second kappa shape index (κ2) is 7.16. The number of benzene rings is 1. The number of carbonyl (C=O) groups excluding carboxylic acids is 1. The Hall–Kier alpha value is -1.06. The summed E-state index contributed by atoms with van der Waals surface area (Å²) in [6, 6.07) is 7.22. The van der Waals surface area contributed by atoms with E-state index in [0.717, 1.165) is 43.3 Å². The van der Waals surface area contributed by atoms with Gasteiger partial charge in [0, 0.05) is 23.6 Å². The highest BCUT2D eigenvalue weighted by atomic mass is 35.5. The SMILES string of the molecule is Cl.O=C(NCCC1CC1)c1ccc2c(c1)C13CCCCC1[C@@H](C2)NCC3. The van der Waals surface area contributed by atoms with Gasteiger partial charge in [0.2, 0.25) is 0 Å². The van der Waals surface area contributed by atoms with Crippen molar-refractivity contribution in [3.05, 3.63) is 34.9 Å². The zero-order valence-electron chi connectivity index (χ0n) is 15.6. The Balaban J connectivity index is 0.00000168. The smallest absolute Gasteiger partial charge is 0.251 e. The Labute approximate surface area is 163 Å². The summed E-state index contributed by atoms with van der Waals surface area (Å²) in [5.41, 5.74) is 4.23. The van der Waals surface area contributed by atoms with Gasteiger partial charge in [0.05, 0.1) is 0 Å². The minimum atomic E-state index is 0. The highest BCUT2D eigenvalue weighted by molar-refractivity contribution is 5.94. The molecular weight excluding hydrogens is 344 g/mol. The van der Waals surface area contributed by atoms with Gasteiger partial charge in [0.25, 0.3) is 5.91 Å². The minimum absolute atomic E-state index is 0. The molecule has 4 heteroatoms. The predicted octanol–water partition coefficient (Wildman–Crippen LogP) is 3.98. The van der Waals surface area contributed by atoms with Crippen LogP contribution in [0.15, 0.2) is 18.2 Å². The van der Waals surface area contributed by atoms with Crippen molar-refractivity contribution in [1.29, 1.82) is 0 Å². The maximum Gasteiger partial charge on any atom is 0.251 e. The number of amides is 1. The second-order valence-electron chi connectivity index (χ2n) is 8.88. The standard InChI is InChI=1S/C22H30N2O.ClH/c25-21(24-11-8-15-4-5-15)17-7-6-16-14-20-18-3-1-2-9-22(18,10-12-23-20)19(16)13-17;/h6-7,13,15,18,20,23H,1-5,8-12,14H2,(H,24,25);1H/t18?,20-,22?;/m1./s1. The molecule has 2 bridgehead atoms. The summed E-state index contributed by atoms with van der Waals surface area (Å²) in [6.07, 6.45) is 11.6. The first-order chi connectivity index (χ1) is 12.3. The lowest BCUT2D eigenvalue weighted by molar-refractivity contribution is 0.0795. The largest absolute Gasteiger partial charge is 0.352 e. The topological polar surface area (TPSA) is 41.1 Å². The fraction of sp³-hybridized carbons (Fsp3) is 0.682. The Morgan fingerprint density at radius 2 is 2.08 bits per heavy atom. The molecule has 0 aromatic heterocycles. The average molecular weight is 375 g/mol. The summed E-state index contributed by atoms with van der Waals surface area (Å²) < 4.78 is 0. The first-order valence-corrected chi connectivity index (χ1v) is 10.4. The van der Waals surface area contributed by atoms with Crippen molar-refractivity contribution < 1.29 is 4.79 Å². The quantitative estimate of drug-likeness (QED) is 0.836. The van der Waals surface area contributed by atoms with Gasteiger partial charge in [-0.3, -0.25) is 4.79 Å². The van der Waals surface area contributed by atoms with Gasteiger partial charge in [-0.15, -0.1) is 12.4 Å². The van der Waals surface area contributed by atoms with E-state index in [0.29, 0.717) is 11.5 Å². The van der Waals surface area contributed by atoms with Crippen LogP contribution in [0.25, 0.3) is 0 Å². The van der Waals surface area contributed by atoms with Crippen molar-refractivity contribution in [2.24, 2.45) is 11.8 Å². The number of hydrogen-bond donors (Lipinski definition) is 2. The van der Waals surface area contributed by atoms with E-state index in [-0.39, 0.29) is 18.3 Å². The molecule has 2 N–H and O–H groups in total. The van der Waals surface area contributed by atoms with Gasteiger partial charge in [0.15, 0.2) is 0 Å². The molecular formula is C22H31ClN2O. The summed E-state index contributed by atoms with van der Waals surface area (Å²) in [5.74, 6) is 1.77. The third kappa shape index (κ3) is 3.07. The molecule has 3 fully saturated rings. The van der Waals surface area contributed by atoms with Crippen LogP contribution in [0.4, 0.5) is 0 Å². The molecule has 5 rings (SSSR count). The van der Waals surface area contributed by atoms with Crippen molar-refractivity contribution in [3.8, 4) is 0 Å². The van der Waals surface area contributed by atoms with Crippen molar-refractivity contribution in [2.45, 2.75) is 69.2 Å². The highest BCUT2D eigenvalue weighted by Crippen LogP contribution is 2.53. The molecule has 0 radical (unpaired) electrons. The van der Waals surface area contributed by atoms with Gasteiger partial charge in [0.1, 0.15) is 0 Å². The zero-order valence-corrected chi connectivity index (χ0v) is 16.4. The fourth-order valence-electron chi connectivity index (χ4n) is 5.96. The number of hydrogen-bond acceptors (Lipinski definition) is 2. The number of fused-ring (bicyclic) bond motifs is 1. The molecule has 1 aromatic carbocycles. The number of carbonyl (C=O) groups is 1. The summed E-state index contributed by atoms with van der Waals surface area (Å²) >= 11 is 0. The van der Waals surface area contributed by atoms with E-state index in [2.05, 4.69) is 28.8 Å². The zero-order chi connectivity index (χ0) is 16.9. The van der Waals surface area contributed by atoms with Gasteiger partial charge in [-0.2, -0.15) is 0 Å². The van der Waals surface area contributed by atoms with Crippen LogP contribution < -0.4 is 10.6 Å². The molecule has 1 aromatic rings. The molecule has 2 unspecified atom stereocenters. The molecule has 3 nitrogen and oxygen atoms in total. The van der Waals surface area contributed by atoms with E-state index in [4.69, 9.17) is 0 Å². The molecule has 1 heterocycles. The van der Waals surface area contributed by atoms with E-state index in [1.54, 1.807) is 0 Å². The first kappa shape index (κ1) is 18.3. The van der Waals surface area contributed by atoms with Crippen molar-refractivity contribution in [1.82, 2.24) is 10.6 Å². The lowest BCUT2D eigenvalue weighted by atomic mass is 9.52. The molecule has 142 valence electrons. The summed E-state index contributed by atoms with van der Waals surface area (Å²) in [5, 5.41) is 6.94. The van der Waals surface area contributed by atoms with Crippen LogP contribution >= 0.6 is 12.4 Å². The maximum absolute atomic E-state index is 12.6. The van der Waals surface area contributed by atoms with Crippen LogP contribution in [0.3, 0.4) is 0 Å². The molecule has 3 aliphatic carbocycles. The van der Waals surface area contributed by atoms with Crippen molar-refractivity contribution >= 4 is 18.3 Å².